The molecule has 0 bridgehead atoms. The molecule has 0 aliphatic rings. The molecule has 0 unspecified atom stereocenters. The van der Waals surface area contributed by atoms with Crippen molar-refractivity contribution >= 4 is 0 Å². The maximum Gasteiger partial charge on any atom is 0.158 e. The van der Waals surface area contributed by atoms with E-state index in [1.54, 1.807) is 12.4 Å². The van der Waals surface area contributed by atoms with Crippen LogP contribution in [0.25, 0.3) is 11.5 Å². The average Bonchev–Trinajstić information content (AvgIpc) is 3.03. The molecule has 124 valence electrons. The molecule has 5 heteroatoms. The zero-order valence-corrected chi connectivity index (χ0v) is 13.9. The Balaban J connectivity index is 1.64. The molecule has 24 heavy (non-hydrogen) atoms. The van der Waals surface area contributed by atoms with Crippen LogP contribution in [0.1, 0.15) is 11.1 Å². The molecule has 0 aliphatic carbocycles. The summed E-state index contributed by atoms with van der Waals surface area (Å²) >= 11 is 0. The van der Waals surface area contributed by atoms with Crippen molar-refractivity contribution in [2.24, 2.45) is 0 Å². The highest BCUT2D eigenvalue weighted by atomic mass is 16.5. The lowest BCUT2D eigenvalue weighted by Gasteiger charge is -2.16. The smallest absolute Gasteiger partial charge is 0.158 e. The minimum absolute atomic E-state index is 0.226. The van der Waals surface area contributed by atoms with Crippen LogP contribution in [0.5, 0.6) is 5.75 Å². The molecule has 1 atom stereocenters. The average molecular weight is 323 g/mol. The van der Waals surface area contributed by atoms with Crippen LogP contribution in [-0.2, 0) is 6.54 Å². The van der Waals surface area contributed by atoms with Gasteiger partial charge in [0, 0.05) is 18.6 Å². The predicted molar refractivity (Wildman–Crippen MR) is 92.9 cm³/mol. The molecule has 2 heterocycles. The van der Waals surface area contributed by atoms with Gasteiger partial charge >= 0.3 is 0 Å². The van der Waals surface area contributed by atoms with E-state index in [1.165, 1.54) is 5.56 Å². The van der Waals surface area contributed by atoms with Crippen molar-refractivity contribution in [1.82, 2.24) is 14.5 Å². The second kappa shape index (κ2) is 7.27. The highest BCUT2D eigenvalue weighted by molar-refractivity contribution is 5.49. The Labute approximate surface area is 141 Å². The van der Waals surface area contributed by atoms with Gasteiger partial charge in [0.25, 0.3) is 0 Å². The molecule has 0 amide bonds. The third-order valence-electron chi connectivity index (χ3n) is 3.78. The molecule has 0 spiro atoms. The van der Waals surface area contributed by atoms with E-state index < -0.39 is 6.10 Å². The molecule has 0 fully saturated rings. The summed E-state index contributed by atoms with van der Waals surface area (Å²) in [5.41, 5.74) is 3.04. The number of pyridine rings is 1. The van der Waals surface area contributed by atoms with Crippen LogP contribution >= 0.6 is 0 Å². The molecule has 1 aromatic carbocycles. The summed E-state index contributed by atoms with van der Waals surface area (Å²) < 4.78 is 7.64. The SMILES string of the molecule is Cc1ccc(OC[C@H](O)Cn2ccnc2-c2ccccn2)c(C)c1. The van der Waals surface area contributed by atoms with E-state index in [2.05, 4.69) is 16.0 Å². The number of nitrogens with zero attached hydrogens (tertiary/aromatic N) is 3. The Kier molecular flexibility index (Phi) is 4.91. The van der Waals surface area contributed by atoms with E-state index in [9.17, 15) is 5.11 Å². The lowest BCUT2D eigenvalue weighted by atomic mass is 10.1. The van der Waals surface area contributed by atoms with E-state index in [0.29, 0.717) is 6.54 Å². The molecular weight excluding hydrogens is 302 g/mol. The van der Waals surface area contributed by atoms with Crippen molar-refractivity contribution in [2.45, 2.75) is 26.5 Å². The Morgan fingerprint density at radius 1 is 1.12 bits per heavy atom. The van der Waals surface area contributed by atoms with Gasteiger partial charge in [-0.1, -0.05) is 23.8 Å². The molecule has 0 aliphatic heterocycles. The van der Waals surface area contributed by atoms with Crippen molar-refractivity contribution < 1.29 is 9.84 Å². The van der Waals surface area contributed by atoms with Crippen molar-refractivity contribution in [3.8, 4) is 17.3 Å². The van der Waals surface area contributed by atoms with Crippen LogP contribution in [-0.4, -0.2) is 32.4 Å². The number of hydrogen-bond acceptors (Lipinski definition) is 4. The summed E-state index contributed by atoms with van der Waals surface area (Å²) in [6, 6.07) is 11.7. The quantitative estimate of drug-likeness (QED) is 0.757. The van der Waals surface area contributed by atoms with Gasteiger partial charge in [0.2, 0.25) is 0 Å². The fraction of sp³-hybridized carbons (Fsp3) is 0.263. The van der Waals surface area contributed by atoms with Crippen LogP contribution < -0.4 is 4.74 Å². The van der Waals surface area contributed by atoms with E-state index in [4.69, 9.17) is 4.74 Å². The van der Waals surface area contributed by atoms with Crippen LogP contribution in [0.4, 0.5) is 0 Å². The Morgan fingerprint density at radius 2 is 2.00 bits per heavy atom. The van der Waals surface area contributed by atoms with Crippen molar-refractivity contribution in [2.75, 3.05) is 6.61 Å². The van der Waals surface area contributed by atoms with Crippen LogP contribution in [0, 0.1) is 13.8 Å². The number of imidazole rings is 1. The van der Waals surface area contributed by atoms with Gasteiger partial charge in [0.05, 0.1) is 6.54 Å². The lowest BCUT2D eigenvalue weighted by molar-refractivity contribution is 0.0925. The monoisotopic (exact) mass is 323 g/mol. The van der Waals surface area contributed by atoms with Gasteiger partial charge in [-0.25, -0.2) is 4.98 Å². The van der Waals surface area contributed by atoms with Gasteiger partial charge in [-0.2, -0.15) is 0 Å². The van der Waals surface area contributed by atoms with Crippen LogP contribution in [0.3, 0.4) is 0 Å². The molecule has 1 N–H and O–H groups in total. The maximum absolute atomic E-state index is 10.3. The maximum atomic E-state index is 10.3. The summed E-state index contributed by atoms with van der Waals surface area (Å²) in [4.78, 5) is 8.64. The van der Waals surface area contributed by atoms with E-state index in [0.717, 1.165) is 22.8 Å². The topological polar surface area (TPSA) is 60.2 Å². The third kappa shape index (κ3) is 3.81. The third-order valence-corrected chi connectivity index (χ3v) is 3.78. The molecular formula is C19H21N3O2. The highest BCUT2D eigenvalue weighted by Crippen LogP contribution is 2.19. The molecule has 2 aromatic heterocycles. The Hall–Kier alpha value is -2.66. The normalized spacial score (nSPS) is 12.1. The second-order valence-corrected chi connectivity index (χ2v) is 5.85. The fourth-order valence-corrected chi connectivity index (χ4v) is 2.61. The number of aliphatic hydroxyl groups excluding tert-OH is 1. The molecule has 3 aromatic rings. The first kappa shape index (κ1) is 16.2. The number of aryl methyl sites for hydroxylation is 2. The van der Waals surface area contributed by atoms with E-state index in [-0.39, 0.29) is 6.61 Å². The Morgan fingerprint density at radius 3 is 2.75 bits per heavy atom. The van der Waals surface area contributed by atoms with Crippen molar-refractivity contribution in [1.29, 1.82) is 0 Å². The predicted octanol–water partition coefficient (Wildman–Crippen LogP) is 3.00. The minimum Gasteiger partial charge on any atom is -0.491 e. The van der Waals surface area contributed by atoms with Gasteiger partial charge in [-0.3, -0.25) is 4.98 Å². The zero-order valence-electron chi connectivity index (χ0n) is 13.9. The number of benzene rings is 1. The van der Waals surface area contributed by atoms with Gasteiger partial charge < -0.3 is 14.4 Å². The number of aliphatic hydroxyl groups is 1. The van der Waals surface area contributed by atoms with E-state index >= 15 is 0 Å². The summed E-state index contributed by atoms with van der Waals surface area (Å²) in [5.74, 6) is 1.54. The first-order valence-electron chi connectivity index (χ1n) is 7.94. The number of aromatic nitrogens is 3. The van der Waals surface area contributed by atoms with Crippen molar-refractivity contribution in [3.05, 3.63) is 66.1 Å². The fourth-order valence-electron chi connectivity index (χ4n) is 2.61. The summed E-state index contributed by atoms with van der Waals surface area (Å²) in [6.07, 6.45) is 4.64. The standard InChI is InChI=1S/C19H21N3O2/c1-14-6-7-18(15(2)11-14)24-13-16(23)12-22-10-9-21-19(22)17-5-3-4-8-20-17/h3-11,16,23H,12-13H2,1-2H3/t16-/m1/s1. The van der Waals surface area contributed by atoms with E-state index in [1.807, 2.05) is 54.9 Å². The second-order valence-electron chi connectivity index (χ2n) is 5.85. The number of rotatable bonds is 6. The number of ether oxygens (including phenoxy) is 1. The van der Waals surface area contributed by atoms with Gasteiger partial charge in [-0.05, 0) is 37.6 Å². The zero-order chi connectivity index (χ0) is 16.9. The van der Waals surface area contributed by atoms with Crippen LogP contribution in [0.2, 0.25) is 0 Å². The molecule has 5 nitrogen and oxygen atoms in total. The molecule has 0 saturated heterocycles. The first-order valence-corrected chi connectivity index (χ1v) is 7.94. The molecule has 3 rings (SSSR count). The van der Waals surface area contributed by atoms with Crippen molar-refractivity contribution in [3.63, 3.8) is 0 Å². The summed E-state index contributed by atoms with van der Waals surface area (Å²) in [5, 5.41) is 10.3. The highest BCUT2D eigenvalue weighted by Gasteiger charge is 2.12. The number of hydrogen-bond donors (Lipinski definition) is 1. The van der Waals surface area contributed by atoms with Crippen LogP contribution in [0.15, 0.2) is 55.0 Å². The molecule has 0 radical (unpaired) electrons. The lowest BCUT2D eigenvalue weighted by Crippen LogP contribution is -2.24. The molecule has 0 saturated carbocycles. The van der Waals surface area contributed by atoms with Gasteiger partial charge in [-0.15, -0.1) is 0 Å². The minimum atomic E-state index is -0.637. The Bertz CT molecular complexity index is 799. The largest absolute Gasteiger partial charge is 0.491 e. The van der Waals surface area contributed by atoms with Gasteiger partial charge in [0.1, 0.15) is 24.2 Å². The van der Waals surface area contributed by atoms with Gasteiger partial charge in [0.15, 0.2) is 5.82 Å². The summed E-state index contributed by atoms with van der Waals surface area (Å²) in [7, 11) is 0. The first-order chi connectivity index (χ1) is 11.6. The summed E-state index contributed by atoms with van der Waals surface area (Å²) in [6.45, 7) is 4.67.